The number of alkyl halides is 3. The van der Waals surface area contributed by atoms with Crippen molar-refractivity contribution in [2.45, 2.75) is 12.6 Å². The lowest BCUT2D eigenvalue weighted by Gasteiger charge is -2.35. The molecule has 1 saturated heterocycles. The monoisotopic (exact) mass is 419 g/mol. The number of piperazine rings is 1. The number of benzene rings is 1. The molecule has 0 radical (unpaired) electrons. The predicted octanol–water partition coefficient (Wildman–Crippen LogP) is 2.36. The summed E-state index contributed by atoms with van der Waals surface area (Å²) in [5.74, 6) is 0.359. The number of nitrogens with one attached hydrogen (secondary N) is 2. The second-order valence-corrected chi connectivity index (χ2v) is 7.22. The van der Waals surface area contributed by atoms with Crippen molar-refractivity contribution in [3.8, 4) is 0 Å². The molecule has 2 amide bonds. The lowest BCUT2D eigenvalue weighted by molar-refractivity contribution is -0.137. The molecule has 1 aromatic carbocycles. The Bertz CT molecular complexity index is 954. The molecule has 30 heavy (non-hydrogen) atoms. The zero-order valence-electron chi connectivity index (χ0n) is 16.0. The van der Waals surface area contributed by atoms with E-state index in [1.54, 1.807) is 4.90 Å². The van der Waals surface area contributed by atoms with E-state index >= 15 is 0 Å². The van der Waals surface area contributed by atoms with Gasteiger partial charge in [0, 0.05) is 43.8 Å². The van der Waals surface area contributed by atoms with Crippen LogP contribution in [-0.2, 0) is 22.2 Å². The van der Waals surface area contributed by atoms with E-state index in [9.17, 15) is 22.8 Å². The van der Waals surface area contributed by atoms with Gasteiger partial charge < -0.3 is 20.4 Å². The normalized spacial score (nSPS) is 16.3. The third-order valence-electron chi connectivity index (χ3n) is 5.21. The van der Waals surface area contributed by atoms with Crippen LogP contribution in [0, 0.1) is 0 Å². The molecule has 0 saturated carbocycles. The van der Waals surface area contributed by atoms with E-state index in [4.69, 9.17) is 0 Å². The molecule has 0 aliphatic carbocycles. The first-order valence-electron chi connectivity index (χ1n) is 9.52. The molecule has 0 spiro atoms. The second kappa shape index (κ2) is 7.85. The average molecular weight is 419 g/mol. The number of anilines is 3. The molecule has 158 valence electrons. The molecule has 2 aliphatic heterocycles. The zero-order chi connectivity index (χ0) is 21.3. The van der Waals surface area contributed by atoms with Gasteiger partial charge in [-0.25, -0.2) is 4.98 Å². The van der Waals surface area contributed by atoms with Crippen LogP contribution in [0.1, 0.15) is 11.1 Å². The van der Waals surface area contributed by atoms with Crippen molar-refractivity contribution in [3.05, 3.63) is 47.7 Å². The van der Waals surface area contributed by atoms with Gasteiger partial charge in [0.2, 0.25) is 11.8 Å². The van der Waals surface area contributed by atoms with Gasteiger partial charge in [0.25, 0.3) is 0 Å². The highest BCUT2D eigenvalue weighted by Crippen LogP contribution is 2.29. The van der Waals surface area contributed by atoms with Gasteiger partial charge in [0.1, 0.15) is 5.82 Å². The molecule has 3 heterocycles. The zero-order valence-corrected chi connectivity index (χ0v) is 16.0. The highest BCUT2D eigenvalue weighted by atomic mass is 19.4. The number of hydrogen-bond donors (Lipinski definition) is 2. The predicted molar refractivity (Wildman–Crippen MR) is 105 cm³/mol. The lowest BCUT2D eigenvalue weighted by Crippen LogP contribution is -2.50. The largest absolute Gasteiger partial charge is 0.417 e. The summed E-state index contributed by atoms with van der Waals surface area (Å²) in [5, 5.41) is 5.85. The molecule has 2 aliphatic rings. The van der Waals surface area contributed by atoms with E-state index in [1.165, 1.54) is 6.07 Å². The Labute approximate surface area is 170 Å². The summed E-state index contributed by atoms with van der Waals surface area (Å²) < 4.78 is 38.0. The Balaban J connectivity index is 1.27. The Kier molecular flexibility index (Phi) is 5.23. The maximum Gasteiger partial charge on any atom is 0.417 e. The molecular formula is C20H20F3N5O2. The Morgan fingerprint density at radius 3 is 2.57 bits per heavy atom. The molecule has 1 aromatic heterocycles. The average Bonchev–Trinajstić information content (AvgIpc) is 3.11. The summed E-state index contributed by atoms with van der Waals surface area (Å²) in [4.78, 5) is 31.4. The first kappa shape index (κ1) is 20.0. The molecule has 0 unspecified atom stereocenters. The highest BCUT2D eigenvalue weighted by Gasteiger charge is 2.31. The van der Waals surface area contributed by atoms with Gasteiger partial charge in [-0.2, -0.15) is 13.2 Å². The van der Waals surface area contributed by atoms with Crippen molar-refractivity contribution in [3.63, 3.8) is 0 Å². The van der Waals surface area contributed by atoms with Gasteiger partial charge >= 0.3 is 6.18 Å². The van der Waals surface area contributed by atoms with Crippen molar-refractivity contribution in [2.24, 2.45) is 0 Å². The standard InChI is InChI=1S/C20H20F3N5O2/c21-20(22,23)14-1-4-17(25-11-14)27-5-7-28(8-6-27)19(30)12-24-15-2-3-16-13(9-15)10-18(29)26-16/h1-4,9,11,24H,5-8,10,12H2,(H,26,29). The second-order valence-electron chi connectivity index (χ2n) is 7.22. The van der Waals surface area contributed by atoms with Crippen molar-refractivity contribution in [2.75, 3.05) is 48.3 Å². The van der Waals surface area contributed by atoms with Crippen LogP contribution < -0.4 is 15.5 Å². The third kappa shape index (κ3) is 4.32. The van der Waals surface area contributed by atoms with Crippen molar-refractivity contribution in [1.82, 2.24) is 9.88 Å². The van der Waals surface area contributed by atoms with Gasteiger partial charge in [-0.3, -0.25) is 9.59 Å². The summed E-state index contributed by atoms with van der Waals surface area (Å²) >= 11 is 0. The van der Waals surface area contributed by atoms with Gasteiger partial charge in [0.15, 0.2) is 0 Å². The van der Waals surface area contributed by atoms with Crippen molar-refractivity contribution < 1.29 is 22.8 Å². The number of carbonyl (C=O) groups excluding carboxylic acids is 2. The van der Waals surface area contributed by atoms with E-state index in [0.717, 1.165) is 29.2 Å². The molecule has 0 bridgehead atoms. The fourth-order valence-electron chi connectivity index (χ4n) is 3.55. The van der Waals surface area contributed by atoms with Crippen LogP contribution in [0.25, 0.3) is 0 Å². The number of amides is 2. The summed E-state index contributed by atoms with van der Waals surface area (Å²) in [6, 6.07) is 7.85. The summed E-state index contributed by atoms with van der Waals surface area (Å²) in [7, 11) is 0. The summed E-state index contributed by atoms with van der Waals surface area (Å²) in [5.41, 5.74) is 1.68. The van der Waals surface area contributed by atoms with Crippen LogP contribution in [0.3, 0.4) is 0 Å². The van der Waals surface area contributed by atoms with Gasteiger partial charge in [-0.15, -0.1) is 0 Å². The third-order valence-corrected chi connectivity index (χ3v) is 5.21. The molecule has 4 rings (SSSR count). The smallest absolute Gasteiger partial charge is 0.376 e. The number of carbonyl (C=O) groups is 2. The molecule has 2 N–H and O–H groups in total. The minimum atomic E-state index is -4.41. The fraction of sp³-hybridized carbons (Fsp3) is 0.350. The van der Waals surface area contributed by atoms with Gasteiger partial charge in [0.05, 0.1) is 18.5 Å². The SMILES string of the molecule is O=C1Cc2cc(NCC(=O)N3CCN(c4ccc(C(F)(F)F)cn4)CC3)ccc2N1. The summed E-state index contributed by atoms with van der Waals surface area (Å²) in [6.07, 6.45) is -3.25. The topological polar surface area (TPSA) is 77.6 Å². The van der Waals surface area contributed by atoms with Crippen LogP contribution in [0.4, 0.5) is 30.4 Å². The molecule has 1 fully saturated rings. The van der Waals surface area contributed by atoms with E-state index < -0.39 is 11.7 Å². The maximum absolute atomic E-state index is 12.7. The molecule has 2 aromatic rings. The number of pyridine rings is 1. The van der Waals surface area contributed by atoms with E-state index in [-0.39, 0.29) is 18.4 Å². The summed E-state index contributed by atoms with van der Waals surface area (Å²) in [6.45, 7) is 2.05. The fourth-order valence-corrected chi connectivity index (χ4v) is 3.55. The number of hydrogen-bond acceptors (Lipinski definition) is 5. The molecule has 7 nitrogen and oxygen atoms in total. The van der Waals surface area contributed by atoms with E-state index in [2.05, 4.69) is 15.6 Å². The van der Waals surface area contributed by atoms with Gasteiger partial charge in [-0.05, 0) is 35.9 Å². The number of halogens is 3. The first-order chi connectivity index (χ1) is 14.3. The Hall–Kier alpha value is -3.30. The molecule has 0 atom stereocenters. The van der Waals surface area contributed by atoms with Crippen LogP contribution in [0.15, 0.2) is 36.5 Å². The van der Waals surface area contributed by atoms with Crippen LogP contribution in [0.2, 0.25) is 0 Å². The van der Waals surface area contributed by atoms with E-state index in [1.807, 2.05) is 23.1 Å². The van der Waals surface area contributed by atoms with E-state index in [0.29, 0.717) is 38.4 Å². The Morgan fingerprint density at radius 2 is 1.90 bits per heavy atom. The quantitative estimate of drug-likeness (QED) is 0.796. The lowest BCUT2D eigenvalue weighted by atomic mass is 10.1. The van der Waals surface area contributed by atoms with Gasteiger partial charge in [-0.1, -0.05) is 0 Å². The van der Waals surface area contributed by atoms with Crippen LogP contribution >= 0.6 is 0 Å². The van der Waals surface area contributed by atoms with Crippen molar-refractivity contribution in [1.29, 1.82) is 0 Å². The first-order valence-corrected chi connectivity index (χ1v) is 9.52. The number of fused-ring (bicyclic) bond motifs is 1. The number of aromatic nitrogens is 1. The number of rotatable bonds is 4. The van der Waals surface area contributed by atoms with Crippen LogP contribution in [-0.4, -0.2) is 54.4 Å². The minimum absolute atomic E-state index is 0.0429. The maximum atomic E-state index is 12.7. The molecular weight excluding hydrogens is 399 g/mol. The highest BCUT2D eigenvalue weighted by molar-refractivity contribution is 5.99. The minimum Gasteiger partial charge on any atom is -0.376 e. The Morgan fingerprint density at radius 1 is 1.13 bits per heavy atom. The van der Waals surface area contributed by atoms with Crippen molar-refractivity contribution >= 4 is 29.0 Å². The number of nitrogens with zero attached hydrogens (tertiary/aromatic N) is 3. The van der Waals surface area contributed by atoms with Crippen LogP contribution in [0.5, 0.6) is 0 Å². The molecule has 10 heteroatoms.